The summed E-state index contributed by atoms with van der Waals surface area (Å²) >= 11 is 0. The molecular formula is C16H24N6. The van der Waals surface area contributed by atoms with Gasteiger partial charge in [-0.25, -0.2) is 9.67 Å². The average Bonchev–Trinajstić information content (AvgIpc) is 3.25. The van der Waals surface area contributed by atoms with Crippen LogP contribution in [0.3, 0.4) is 0 Å². The van der Waals surface area contributed by atoms with E-state index in [-0.39, 0.29) is 0 Å². The van der Waals surface area contributed by atoms with E-state index in [1.807, 2.05) is 10.9 Å². The molecule has 22 heavy (non-hydrogen) atoms. The first-order valence-corrected chi connectivity index (χ1v) is 8.54. The summed E-state index contributed by atoms with van der Waals surface area (Å²) in [6.07, 6.45) is 9.22. The number of aromatic nitrogens is 5. The summed E-state index contributed by atoms with van der Waals surface area (Å²) in [7, 11) is 0. The summed E-state index contributed by atoms with van der Waals surface area (Å²) < 4.78 is 1.99. The number of nitrogens with one attached hydrogen (secondary N) is 1. The van der Waals surface area contributed by atoms with Gasteiger partial charge in [0.2, 0.25) is 0 Å². The summed E-state index contributed by atoms with van der Waals surface area (Å²) in [6.45, 7) is 5.03. The van der Waals surface area contributed by atoms with Crippen molar-refractivity contribution in [3.8, 4) is 0 Å². The first-order valence-electron chi connectivity index (χ1n) is 8.54. The Balaban J connectivity index is 1.54. The van der Waals surface area contributed by atoms with E-state index in [2.05, 4.69) is 27.1 Å². The van der Waals surface area contributed by atoms with Crippen molar-refractivity contribution in [1.29, 1.82) is 0 Å². The highest BCUT2D eigenvalue weighted by Crippen LogP contribution is 2.33. The minimum absolute atomic E-state index is 0.422. The molecule has 1 aliphatic heterocycles. The number of hydrogen-bond acceptors (Lipinski definition) is 4. The van der Waals surface area contributed by atoms with Crippen LogP contribution in [0.2, 0.25) is 0 Å². The van der Waals surface area contributed by atoms with Crippen LogP contribution in [0.25, 0.3) is 0 Å². The van der Waals surface area contributed by atoms with Gasteiger partial charge in [-0.05, 0) is 52.0 Å². The Labute approximate surface area is 130 Å². The van der Waals surface area contributed by atoms with Crippen molar-refractivity contribution in [3.63, 3.8) is 0 Å². The van der Waals surface area contributed by atoms with Crippen LogP contribution < -0.4 is 0 Å². The smallest absolute Gasteiger partial charge is 0.124 e. The van der Waals surface area contributed by atoms with Gasteiger partial charge in [-0.3, -0.25) is 4.90 Å². The summed E-state index contributed by atoms with van der Waals surface area (Å²) in [6, 6.07) is 0.422. The van der Waals surface area contributed by atoms with Crippen molar-refractivity contribution in [2.75, 3.05) is 6.54 Å². The lowest BCUT2D eigenvalue weighted by Crippen LogP contribution is -2.25. The maximum Gasteiger partial charge on any atom is 0.124 e. The van der Waals surface area contributed by atoms with Gasteiger partial charge in [0.05, 0.1) is 23.6 Å². The van der Waals surface area contributed by atoms with Gasteiger partial charge >= 0.3 is 0 Å². The molecule has 0 spiro atoms. The number of imidazole rings is 1. The SMILES string of the molecule is CCn1nncc1CN1CCCC1c1nc2c([nH]1)CCCC2. The van der Waals surface area contributed by atoms with Gasteiger partial charge < -0.3 is 4.98 Å². The molecule has 2 aliphatic rings. The first-order chi connectivity index (χ1) is 10.8. The molecule has 6 nitrogen and oxygen atoms in total. The van der Waals surface area contributed by atoms with Crippen molar-refractivity contribution in [2.24, 2.45) is 0 Å². The van der Waals surface area contributed by atoms with E-state index in [9.17, 15) is 0 Å². The topological polar surface area (TPSA) is 62.6 Å². The fourth-order valence-corrected chi connectivity index (χ4v) is 3.83. The van der Waals surface area contributed by atoms with Gasteiger partial charge in [0.1, 0.15) is 5.82 Å². The molecule has 0 amide bonds. The molecule has 2 aromatic rings. The van der Waals surface area contributed by atoms with Crippen LogP contribution in [-0.2, 0) is 25.9 Å². The predicted molar refractivity (Wildman–Crippen MR) is 83.3 cm³/mol. The van der Waals surface area contributed by atoms with E-state index >= 15 is 0 Å². The van der Waals surface area contributed by atoms with E-state index in [0.717, 1.165) is 26.1 Å². The van der Waals surface area contributed by atoms with Crippen molar-refractivity contribution in [2.45, 2.75) is 64.6 Å². The van der Waals surface area contributed by atoms with E-state index < -0.39 is 0 Å². The number of aryl methyl sites for hydroxylation is 3. The molecule has 0 aromatic carbocycles. The van der Waals surface area contributed by atoms with Gasteiger partial charge in [0, 0.05) is 18.8 Å². The highest BCUT2D eigenvalue weighted by atomic mass is 15.4. The highest BCUT2D eigenvalue weighted by molar-refractivity contribution is 5.19. The van der Waals surface area contributed by atoms with Crippen LogP contribution in [-0.4, -0.2) is 36.4 Å². The summed E-state index contributed by atoms with van der Waals surface area (Å²) in [5.41, 5.74) is 3.90. The number of likely N-dealkylation sites (tertiary alicyclic amines) is 1. The summed E-state index contributed by atoms with van der Waals surface area (Å²) in [5.74, 6) is 1.18. The van der Waals surface area contributed by atoms with Gasteiger partial charge in [-0.1, -0.05) is 5.21 Å². The minimum atomic E-state index is 0.422. The first kappa shape index (κ1) is 13.9. The standard InChI is InChI=1S/C16H24N6/c1-2-22-12(10-17-20-22)11-21-9-5-8-15(21)16-18-13-6-3-4-7-14(13)19-16/h10,15H,2-9,11H2,1H3,(H,18,19). The Kier molecular flexibility index (Phi) is 3.70. The summed E-state index contributed by atoms with van der Waals surface area (Å²) in [4.78, 5) is 11.1. The van der Waals surface area contributed by atoms with Gasteiger partial charge in [0.15, 0.2) is 0 Å². The zero-order valence-corrected chi connectivity index (χ0v) is 13.3. The molecule has 0 bridgehead atoms. The predicted octanol–water partition coefficient (Wildman–Crippen LogP) is 2.24. The zero-order valence-electron chi connectivity index (χ0n) is 13.3. The van der Waals surface area contributed by atoms with Crippen LogP contribution in [0.4, 0.5) is 0 Å². The maximum absolute atomic E-state index is 4.92. The third-order valence-electron chi connectivity index (χ3n) is 5.01. The largest absolute Gasteiger partial charge is 0.344 e. The number of rotatable bonds is 4. The van der Waals surface area contributed by atoms with Crippen molar-refractivity contribution >= 4 is 0 Å². The van der Waals surface area contributed by atoms with Gasteiger partial charge in [-0.15, -0.1) is 5.10 Å². The second-order valence-corrected chi connectivity index (χ2v) is 6.42. The van der Waals surface area contributed by atoms with Crippen LogP contribution >= 0.6 is 0 Å². The third-order valence-corrected chi connectivity index (χ3v) is 5.01. The average molecular weight is 300 g/mol. The maximum atomic E-state index is 4.92. The molecule has 1 atom stereocenters. The lowest BCUT2D eigenvalue weighted by Gasteiger charge is -2.22. The van der Waals surface area contributed by atoms with Gasteiger partial charge in [0.25, 0.3) is 0 Å². The second kappa shape index (κ2) is 5.83. The highest BCUT2D eigenvalue weighted by Gasteiger charge is 2.30. The lowest BCUT2D eigenvalue weighted by molar-refractivity contribution is 0.233. The Hall–Kier alpha value is -1.69. The Morgan fingerprint density at radius 3 is 3.05 bits per heavy atom. The van der Waals surface area contributed by atoms with Crippen LogP contribution in [0.15, 0.2) is 6.20 Å². The van der Waals surface area contributed by atoms with E-state index in [4.69, 9.17) is 4.98 Å². The van der Waals surface area contributed by atoms with Crippen LogP contribution in [0.5, 0.6) is 0 Å². The number of fused-ring (bicyclic) bond motifs is 1. The molecule has 2 aromatic heterocycles. The van der Waals surface area contributed by atoms with E-state index in [0.29, 0.717) is 6.04 Å². The number of hydrogen-bond donors (Lipinski definition) is 1. The Morgan fingerprint density at radius 1 is 1.27 bits per heavy atom. The molecule has 1 aliphatic carbocycles. The molecule has 0 saturated carbocycles. The molecule has 0 radical (unpaired) electrons. The van der Waals surface area contributed by atoms with Crippen molar-refractivity contribution < 1.29 is 0 Å². The van der Waals surface area contributed by atoms with Crippen molar-refractivity contribution in [3.05, 3.63) is 29.1 Å². The van der Waals surface area contributed by atoms with E-state index in [1.54, 1.807) is 0 Å². The number of H-pyrrole nitrogens is 1. The second-order valence-electron chi connectivity index (χ2n) is 6.42. The molecular weight excluding hydrogens is 276 g/mol. The molecule has 1 unspecified atom stereocenters. The molecule has 1 N–H and O–H groups in total. The normalized spacial score (nSPS) is 22.1. The van der Waals surface area contributed by atoms with Gasteiger partial charge in [-0.2, -0.15) is 0 Å². The zero-order chi connectivity index (χ0) is 14.9. The van der Waals surface area contributed by atoms with E-state index in [1.165, 1.54) is 55.0 Å². The molecule has 3 heterocycles. The Bertz CT molecular complexity index is 619. The molecule has 1 saturated heterocycles. The van der Waals surface area contributed by atoms with Crippen LogP contribution in [0, 0.1) is 0 Å². The number of aromatic amines is 1. The van der Waals surface area contributed by atoms with Crippen LogP contribution in [0.1, 0.15) is 61.6 Å². The molecule has 1 fully saturated rings. The molecule has 4 rings (SSSR count). The quantitative estimate of drug-likeness (QED) is 0.940. The summed E-state index contributed by atoms with van der Waals surface area (Å²) in [5, 5.41) is 8.19. The third kappa shape index (κ3) is 2.45. The Morgan fingerprint density at radius 2 is 2.18 bits per heavy atom. The molecule has 118 valence electrons. The minimum Gasteiger partial charge on any atom is -0.344 e. The molecule has 6 heteroatoms. The fraction of sp³-hybridized carbons (Fsp3) is 0.688. The monoisotopic (exact) mass is 300 g/mol. The van der Waals surface area contributed by atoms with Crippen molar-refractivity contribution in [1.82, 2.24) is 29.9 Å². The fourth-order valence-electron chi connectivity index (χ4n) is 3.83. The number of nitrogens with zero attached hydrogens (tertiary/aromatic N) is 5. The lowest BCUT2D eigenvalue weighted by atomic mass is 10.0.